The van der Waals surface area contributed by atoms with E-state index in [0.717, 1.165) is 47.6 Å². The molecule has 0 atom stereocenters. The van der Waals surface area contributed by atoms with Crippen molar-refractivity contribution in [3.8, 4) is 11.4 Å². The minimum atomic E-state index is -0.0198. The Labute approximate surface area is 158 Å². The van der Waals surface area contributed by atoms with Crippen LogP contribution >= 0.6 is 0 Å². The summed E-state index contributed by atoms with van der Waals surface area (Å²) in [5.74, 6) is 0.806. The summed E-state index contributed by atoms with van der Waals surface area (Å²) in [6.07, 6.45) is 9.01. The number of para-hydroxylation sites is 1. The van der Waals surface area contributed by atoms with E-state index >= 15 is 0 Å². The van der Waals surface area contributed by atoms with Crippen molar-refractivity contribution in [3.05, 3.63) is 78.1 Å². The highest BCUT2D eigenvalue weighted by Crippen LogP contribution is 2.30. The summed E-state index contributed by atoms with van der Waals surface area (Å²) in [4.78, 5) is 14.6. The van der Waals surface area contributed by atoms with Crippen molar-refractivity contribution in [2.45, 2.75) is 12.8 Å². The fourth-order valence-electron chi connectivity index (χ4n) is 3.33. The molecule has 4 rings (SSSR count). The SMILES string of the molecule is COc1ccc2c(c1)CCCN2C(=O)C=Cc1cnn(-c2ccccc2)c1. The van der Waals surface area contributed by atoms with Crippen LogP contribution in [-0.4, -0.2) is 29.3 Å². The topological polar surface area (TPSA) is 47.4 Å². The van der Waals surface area contributed by atoms with E-state index in [9.17, 15) is 4.79 Å². The van der Waals surface area contributed by atoms with E-state index in [0.29, 0.717) is 0 Å². The normalized spacial score (nSPS) is 13.6. The van der Waals surface area contributed by atoms with Crippen molar-refractivity contribution in [2.75, 3.05) is 18.6 Å². The molecule has 2 aromatic carbocycles. The first-order chi connectivity index (χ1) is 13.2. The van der Waals surface area contributed by atoms with Crippen LogP contribution in [0.15, 0.2) is 67.0 Å². The molecule has 1 aromatic heterocycles. The molecule has 1 amide bonds. The predicted octanol–water partition coefficient (Wildman–Crippen LogP) is 3.87. The van der Waals surface area contributed by atoms with Crippen LogP contribution in [0.3, 0.4) is 0 Å². The number of amides is 1. The zero-order valence-corrected chi connectivity index (χ0v) is 15.2. The summed E-state index contributed by atoms with van der Waals surface area (Å²) in [7, 11) is 1.66. The van der Waals surface area contributed by atoms with Crippen molar-refractivity contribution in [2.24, 2.45) is 0 Å². The number of hydrogen-bond donors (Lipinski definition) is 0. The second-order valence-corrected chi connectivity index (χ2v) is 6.48. The number of hydrogen-bond acceptors (Lipinski definition) is 3. The van der Waals surface area contributed by atoms with Gasteiger partial charge in [-0.05, 0) is 54.8 Å². The van der Waals surface area contributed by atoms with Crippen molar-refractivity contribution >= 4 is 17.7 Å². The van der Waals surface area contributed by atoms with Crippen LogP contribution in [0, 0.1) is 0 Å². The second-order valence-electron chi connectivity index (χ2n) is 6.48. The van der Waals surface area contributed by atoms with Gasteiger partial charge in [-0.25, -0.2) is 4.68 Å². The Balaban J connectivity index is 1.51. The molecular formula is C22H21N3O2. The van der Waals surface area contributed by atoms with Gasteiger partial charge in [-0.2, -0.15) is 5.10 Å². The van der Waals surface area contributed by atoms with Gasteiger partial charge in [-0.1, -0.05) is 18.2 Å². The standard InChI is InChI=1S/C22H21N3O2/c1-27-20-10-11-21-18(14-20)6-5-13-24(21)22(26)12-9-17-15-23-25(16-17)19-7-3-2-4-8-19/h2-4,7-12,14-16H,5-6,13H2,1H3. The number of anilines is 1. The fraction of sp³-hybridized carbons (Fsp3) is 0.182. The summed E-state index contributed by atoms with van der Waals surface area (Å²) in [5, 5.41) is 4.36. The first-order valence-corrected chi connectivity index (χ1v) is 9.01. The highest BCUT2D eigenvalue weighted by atomic mass is 16.5. The van der Waals surface area contributed by atoms with Gasteiger partial charge in [0.25, 0.3) is 5.91 Å². The number of nitrogens with zero attached hydrogens (tertiary/aromatic N) is 3. The molecule has 0 saturated heterocycles. The van der Waals surface area contributed by atoms with E-state index < -0.39 is 0 Å². The Hall–Kier alpha value is -3.34. The number of benzene rings is 2. The second kappa shape index (κ2) is 7.50. The third-order valence-electron chi connectivity index (χ3n) is 4.71. The molecule has 0 fully saturated rings. The van der Waals surface area contributed by atoms with Crippen LogP contribution in [0.5, 0.6) is 5.75 Å². The Kier molecular flexibility index (Phi) is 4.75. The molecule has 0 unspecified atom stereocenters. The molecule has 5 heteroatoms. The van der Waals surface area contributed by atoms with Crippen molar-refractivity contribution in [3.63, 3.8) is 0 Å². The lowest BCUT2D eigenvalue weighted by Crippen LogP contribution is -2.34. The lowest BCUT2D eigenvalue weighted by atomic mass is 10.0. The van der Waals surface area contributed by atoms with E-state index in [-0.39, 0.29) is 5.91 Å². The average molecular weight is 359 g/mol. The van der Waals surface area contributed by atoms with Crippen LogP contribution < -0.4 is 9.64 Å². The molecule has 136 valence electrons. The molecule has 0 bridgehead atoms. The number of ether oxygens (including phenoxy) is 1. The lowest BCUT2D eigenvalue weighted by molar-refractivity contribution is -0.114. The minimum absolute atomic E-state index is 0.0198. The summed E-state index contributed by atoms with van der Waals surface area (Å²) in [6.45, 7) is 0.728. The minimum Gasteiger partial charge on any atom is -0.497 e. The van der Waals surface area contributed by atoms with Crippen molar-refractivity contribution in [1.82, 2.24) is 9.78 Å². The summed E-state index contributed by atoms with van der Waals surface area (Å²) in [6, 6.07) is 15.8. The summed E-state index contributed by atoms with van der Waals surface area (Å²) < 4.78 is 7.09. The lowest BCUT2D eigenvalue weighted by Gasteiger charge is -2.28. The van der Waals surface area contributed by atoms with E-state index in [1.807, 2.05) is 65.7 Å². The highest BCUT2D eigenvalue weighted by Gasteiger charge is 2.21. The molecule has 2 heterocycles. The van der Waals surface area contributed by atoms with Gasteiger partial charge in [0.15, 0.2) is 0 Å². The number of fused-ring (bicyclic) bond motifs is 1. The van der Waals surface area contributed by atoms with Crippen LogP contribution in [0.25, 0.3) is 11.8 Å². The van der Waals surface area contributed by atoms with E-state index in [1.54, 1.807) is 24.1 Å². The molecule has 0 saturated carbocycles. The average Bonchev–Trinajstić information content (AvgIpc) is 3.21. The van der Waals surface area contributed by atoms with Crippen LogP contribution in [0.1, 0.15) is 17.5 Å². The quantitative estimate of drug-likeness (QED) is 0.664. The monoisotopic (exact) mass is 359 g/mol. The Bertz CT molecular complexity index is 976. The van der Waals surface area contributed by atoms with Crippen LogP contribution in [0.4, 0.5) is 5.69 Å². The third-order valence-corrected chi connectivity index (χ3v) is 4.71. The van der Waals surface area contributed by atoms with Gasteiger partial charge in [0.2, 0.25) is 0 Å². The maximum absolute atomic E-state index is 12.7. The van der Waals surface area contributed by atoms with Gasteiger partial charge in [-0.15, -0.1) is 0 Å². The van der Waals surface area contributed by atoms with E-state index in [4.69, 9.17) is 4.74 Å². The maximum atomic E-state index is 12.7. The zero-order chi connectivity index (χ0) is 18.6. The van der Waals surface area contributed by atoms with E-state index in [2.05, 4.69) is 5.10 Å². The molecule has 0 radical (unpaired) electrons. The first kappa shape index (κ1) is 17.1. The maximum Gasteiger partial charge on any atom is 0.250 e. The fourth-order valence-corrected chi connectivity index (χ4v) is 3.33. The molecule has 1 aliphatic rings. The molecule has 1 aliphatic heterocycles. The number of rotatable bonds is 4. The molecular weight excluding hydrogens is 338 g/mol. The first-order valence-electron chi connectivity index (χ1n) is 9.01. The van der Waals surface area contributed by atoms with Gasteiger partial charge >= 0.3 is 0 Å². The Morgan fingerprint density at radius 2 is 2.04 bits per heavy atom. The van der Waals surface area contributed by atoms with Gasteiger partial charge in [0.05, 0.1) is 19.0 Å². The number of aryl methyl sites for hydroxylation is 1. The van der Waals surface area contributed by atoms with E-state index in [1.165, 1.54) is 0 Å². The van der Waals surface area contributed by atoms with Gasteiger partial charge in [0.1, 0.15) is 5.75 Å². The van der Waals surface area contributed by atoms with Crippen molar-refractivity contribution < 1.29 is 9.53 Å². The van der Waals surface area contributed by atoms with Gasteiger partial charge < -0.3 is 9.64 Å². The molecule has 0 N–H and O–H groups in total. The van der Waals surface area contributed by atoms with Crippen molar-refractivity contribution in [1.29, 1.82) is 0 Å². The zero-order valence-electron chi connectivity index (χ0n) is 15.2. The van der Waals surface area contributed by atoms with Crippen LogP contribution in [-0.2, 0) is 11.2 Å². The molecule has 3 aromatic rings. The largest absolute Gasteiger partial charge is 0.497 e. The number of methoxy groups -OCH3 is 1. The highest BCUT2D eigenvalue weighted by molar-refractivity contribution is 6.04. The predicted molar refractivity (Wildman–Crippen MR) is 106 cm³/mol. The number of carbonyl (C=O) groups excluding carboxylic acids is 1. The number of carbonyl (C=O) groups is 1. The molecule has 27 heavy (non-hydrogen) atoms. The van der Waals surface area contributed by atoms with Crippen LogP contribution in [0.2, 0.25) is 0 Å². The Morgan fingerprint density at radius 1 is 1.19 bits per heavy atom. The molecule has 5 nitrogen and oxygen atoms in total. The molecule has 0 spiro atoms. The molecule has 0 aliphatic carbocycles. The van der Waals surface area contributed by atoms with Gasteiger partial charge in [0, 0.05) is 30.1 Å². The summed E-state index contributed by atoms with van der Waals surface area (Å²) in [5.41, 5.74) is 4.00. The van der Waals surface area contributed by atoms with Gasteiger partial charge in [-0.3, -0.25) is 4.79 Å². The smallest absolute Gasteiger partial charge is 0.250 e. The third kappa shape index (κ3) is 3.62. The Morgan fingerprint density at radius 3 is 2.85 bits per heavy atom. The summed E-state index contributed by atoms with van der Waals surface area (Å²) >= 11 is 0. The number of aromatic nitrogens is 2.